The van der Waals surface area contributed by atoms with E-state index >= 15 is 0 Å². The summed E-state index contributed by atoms with van der Waals surface area (Å²) in [4.78, 5) is 21.1. The van der Waals surface area contributed by atoms with E-state index in [2.05, 4.69) is 15.3 Å². The number of anilines is 1. The molecule has 1 heterocycles. The van der Waals surface area contributed by atoms with Crippen molar-refractivity contribution in [1.29, 1.82) is 0 Å². The fraction of sp³-hybridized carbons (Fsp3) is 0.389. The predicted molar refractivity (Wildman–Crippen MR) is 92.9 cm³/mol. The van der Waals surface area contributed by atoms with Gasteiger partial charge in [0, 0.05) is 18.7 Å². The van der Waals surface area contributed by atoms with E-state index in [9.17, 15) is 4.79 Å². The van der Waals surface area contributed by atoms with Gasteiger partial charge in [0.15, 0.2) is 0 Å². The number of carbonyl (C=O) groups excluding carboxylic acids is 1. The second-order valence-corrected chi connectivity index (χ2v) is 5.12. The molecular formula is C18H23N3O3. The molecular weight excluding hydrogens is 306 g/mol. The van der Waals surface area contributed by atoms with Crippen LogP contribution in [0.3, 0.4) is 0 Å². The lowest BCUT2D eigenvalue weighted by molar-refractivity contribution is 0.102. The third kappa shape index (κ3) is 4.22. The van der Waals surface area contributed by atoms with Crippen molar-refractivity contribution in [2.24, 2.45) is 0 Å². The Hall–Kier alpha value is -2.63. The predicted octanol–water partition coefficient (Wildman–Crippen LogP) is 3.40. The molecule has 0 spiro atoms. The van der Waals surface area contributed by atoms with Crippen molar-refractivity contribution in [2.75, 3.05) is 18.5 Å². The van der Waals surface area contributed by atoms with Gasteiger partial charge in [-0.15, -0.1) is 0 Å². The molecule has 0 radical (unpaired) electrons. The minimum atomic E-state index is -0.273. The van der Waals surface area contributed by atoms with Crippen LogP contribution in [0, 0.1) is 6.92 Å². The lowest BCUT2D eigenvalue weighted by Crippen LogP contribution is -2.16. The molecule has 1 aromatic heterocycles. The van der Waals surface area contributed by atoms with Gasteiger partial charge in [0.1, 0.15) is 17.3 Å². The first kappa shape index (κ1) is 17.7. The monoisotopic (exact) mass is 329 g/mol. The van der Waals surface area contributed by atoms with Crippen molar-refractivity contribution in [1.82, 2.24) is 9.97 Å². The van der Waals surface area contributed by atoms with E-state index in [0.29, 0.717) is 41.7 Å². The first-order chi connectivity index (χ1) is 11.6. The Morgan fingerprint density at radius 2 is 1.92 bits per heavy atom. The van der Waals surface area contributed by atoms with Gasteiger partial charge in [-0.1, -0.05) is 6.92 Å². The van der Waals surface area contributed by atoms with Gasteiger partial charge in [-0.2, -0.15) is 0 Å². The number of benzene rings is 1. The number of nitrogens with zero attached hydrogens (tertiary/aromatic N) is 2. The Morgan fingerprint density at radius 1 is 1.17 bits per heavy atom. The first-order valence-corrected chi connectivity index (χ1v) is 8.12. The van der Waals surface area contributed by atoms with Crippen molar-refractivity contribution in [3.8, 4) is 11.5 Å². The normalized spacial score (nSPS) is 10.3. The maximum atomic E-state index is 12.6. The molecule has 0 aliphatic rings. The molecule has 6 nitrogen and oxygen atoms in total. The smallest absolute Gasteiger partial charge is 0.259 e. The quantitative estimate of drug-likeness (QED) is 0.843. The Kier molecular flexibility index (Phi) is 6.12. The van der Waals surface area contributed by atoms with E-state index in [-0.39, 0.29) is 5.91 Å². The zero-order chi connectivity index (χ0) is 17.5. The Balaban J connectivity index is 2.28. The molecule has 1 amide bonds. The summed E-state index contributed by atoms with van der Waals surface area (Å²) in [6.45, 7) is 8.63. The van der Waals surface area contributed by atoms with E-state index in [1.54, 1.807) is 25.3 Å². The molecule has 0 fully saturated rings. The third-order valence-corrected chi connectivity index (χ3v) is 3.40. The number of carbonyl (C=O) groups is 1. The maximum Gasteiger partial charge on any atom is 0.259 e. The van der Waals surface area contributed by atoms with Gasteiger partial charge in [-0.05, 0) is 32.9 Å². The number of aromatic nitrogens is 2. The summed E-state index contributed by atoms with van der Waals surface area (Å²) >= 11 is 0. The van der Waals surface area contributed by atoms with Gasteiger partial charge in [0.05, 0.1) is 30.2 Å². The highest BCUT2D eigenvalue weighted by molar-refractivity contribution is 6.05. The maximum absolute atomic E-state index is 12.6. The zero-order valence-corrected chi connectivity index (χ0v) is 14.5. The summed E-state index contributed by atoms with van der Waals surface area (Å²) in [6, 6.07) is 5.35. The highest BCUT2D eigenvalue weighted by Gasteiger charge is 2.15. The molecule has 2 rings (SSSR count). The van der Waals surface area contributed by atoms with Gasteiger partial charge < -0.3 is 14.8 Å². The second-order valence-electron chi connectivity index (χ2n) is 5.12. The summed E-state index contributed by atoms with van der Waals surface area (Å²) in [6.07, 6.45) is 2.29. The molecule has 24 heavy (non-hydrogen) atoms. The van der Waals surface area contributed by atoms with Crippen LogP contribution in [0.4, 0.5) is 5.69 Å². The highest BCUT2D eigenvalue weighted by atomic mass is 16.5. The van der Waals surface area contributed by atoms with Crippen molar-refractivity contribution >= 4 is 11.6 Å². The average molecular weight is 329 g/mol. The minimum Gasteiger partial charge on any atom is -0.494 e. The molecule has 0 saturated carbocycles. The van der Waals surface area contributed by atoms with Crippen LogP contribution in [0.15, 0.2) is 24.4 Å². The molecule has 6 heteroatoms. The van der Waals surface area contributed by atoms with Crippen molar-refractivity contribution in [3.63, 3.8) is 0 Å². The molecule has 0 saturated heterocycles. The van der Waals surface area contributed by atoms with Crippen molar-refractivity contribution < 1.29 is 14.3 Å². The van der Waals surface area contributed by atoms with Crippen LogP contribution in [0.2, 0.25) is 0 Å². The lowest BCUT2D eigenvalue weighted by Gasteiger charge is -2.14. The van der Waals surface area contributed by atoms with Gasteiger partial charge in [-0.25, -0.2) is 9.97 Å². The number of ether oxygens (including phenoxy) is 2. The number of hydrogen-bond acceptors (Lipinski definition) is 5. The van der Waals surface area contributed by atoms with E-state index in [0.717, 1.165) is 12.2 Å². The van der Waals surface area contributed by atoms with Crippen LogP contribution >= 0.6 is 0 Å². The highest BCUT2D eigenvalue weighted by Crippen LogP contribution is 2.30. The summed E-state index contributed by atoms with van der Waals surface area (Å²) < 4.78 is 11.1. The molecule has 1 aromatic carbocycles. The van der Waals surface area contributed by atoms with E-state index in [1.165, 1.54) is 0 Å². The van der Waals surface area contributed by atoms with Gasteiger partial charge in [0.2, 0.25) is 0 Å². The number of amides is 1. The molecule has 1 N–H and O–H groups in total. The summed E-state index contributed by atoms with van der Waals surface area (Å²) in [5.74, 6) is 1.71. The van der Waals surface area contributed by atoms with E-state index in [4.69, 9.17) is 9.47 Å². The average Bonchev–Trinajstić information content (AvgIpc) is 2.57. The fourth-order valence-corrected chi connectivity index (χ4v) is 2.24. The molecule has 128 valence electrons. The van der Waals surface area contributed by atoms with Crippen LogP contribution in [0.1, 0.15) is 42.6 Å². The number of nitrogens with one attached hydrogen (secondary N) is 1. The molecule has 0 atom stereocenters. The lowest BCUT2D eigenvalue weighted by atomic mass is 10.2. The van der Waals surface area contributed by atoms with E-state index in [1.807, 2.05) is 26.8 Å². The van der Waals surface area contributed by atoms with Crippen LogP contribution in [0.5, 0.6) is 11.5 Å². The summed E-state index contributed by atoms with van der Waals surface area (Å²) in [5.41, 5.74) is 1.65. The topological polar surface area (TPSA) is 73.3 Å². The number of hydrogen-bond donors (Lipinski definition) is 1. The molecule has 0 aliphatic heterocycles. The summed E-state index contributed by atoms with van der Waals surface area (Å²) in [5, 5.41) is 2.86. The van der Waals surface area contributed by atoms with Crippen LogP contribution < -0.4 is 14.8 Å². The summed E-state index contributed by atoms with van der Waals surface area (Å²) in [7, 11) is 0. The van der Waals surface area contributed by atoms with Crippen LogP contribution in [-0.4, -0.2) is 29.1 Å². The van der Waals surface area contributed by atoms with E-state index < -0.39 is 0 Å². The first-order valence-electron chi connectivity index (χ1n) is 8.12. The Bertz CT molecular complexity index is 717. The molecule has 0 bridgehead atoms. The SMILES string of the molecule is CCOc1ccc(OCC)c(NC(=O)c2cnc(CC)nc2C)c1. The standard InChI is InChI=1S/C18H23N3O3/c1-5-17-19-11-14(12(4)20-17)18(22)21-15-10-13(23-6-2)8-9-16(15)24-7-3/h8-11H,5-7H2,1-4H3,(H,21,22). The number of rotatable bonds is 7. The fourth-order valence-electron chi connectivity index (χ4n) is 2.24. The van der Waals surface area contributed by atoms with Gasteiger partial charge >= 0.3 is 0 Å². The Morgan fingerprint density at radius 3 is 2.54 bits per heavy atom. The minimum absolute atomic E-state index is 0.273. The van der Waals surface area contributed by atoms with Crippen LogP contribution in [0.25, 0.3) is 0 Å². The van der Waals surface area contributed by atoms with Gasteiger partial charge in [0.25, 0.3) is 5.91 Å². The number of aryl methyl sites for hydroxylation is 2. The second kappa shape index (κ2) is 8.29. The third-order valence-electron chi connectivity index (χ3n) is 3.40. The molecule has 2 aromatic rings. The van der Waals surface area contributed by atoms with Gasteiger partial charge in [-0.3, -0.25) is 4.79 Å². The largest absolute Gasteiger partial charge is 0.494 e. The zero-order valence-electron chi connectivity index (χ0n) is 14.5. The van der Waals surface area contributed by atoms with Crippen LogP contribution in [-0.2, 0) is 6.42 Å². The molecule has 0 unspecified atom stereocenters. The Labute approximate surface area is 142 Å². The van der Waals surface area contributed by atoms with Crippen molar-refractivity contribution in [3.05, 3.63) is 41.5 Å². The molecule has 0 aliphatic carbocycles. The van der Waals surface area contributed by atoms with Crippen molar-refractivity contribution in [2.45, 2.75) is 34.1 Å².